The molecule has 0 aliphatic heterocycles. The van der Waals surface area contributed by atoms with Crippen LogP contribution < -0.4 is 5.32 Å². The number of anilines is 1. The molecule has 2 aromatic carbocycles. The quantitative estimate of drug-likeness (QED) is 0.577. The molecule has 1 aromatic heterocycles. The normalized spacial score (nSPS) is 22.2. The molecule has 0 radical (unpaired) electrons. The predicted octanol–water partition coefficient (Wildman–Crippen LogP) is 5.56. The summed E-state index contributed by atoms with van der Waals surface area (Å²) < 4.78 is 3.00. The fraction of sp³-hybridized carbons (Fsp3) is 0.409. The first-order valence-electron chi connectivity index (χ1n) is 9.87. The van der Waals surface area contributed by atoms with Crippen LogP contribution in [0.5, 0.6) is 0 Å². The zero-order valence-electron chi connectivity index (χ0n) is 16.6. The molecule has 0 unspecified atom stereocenters. The first-order chi connectivity index (χ1) is 13.5. The Bertz CT molecular complexity index is 955. The predicted molar refractivity (Wildman–Crippen MR) is 116 cm³/mol. The number of nitrogens with zero attached hydrogens (tertiary/aromatic N) is 4. The molecular weight excluding hydrogens is 414 g/mol. The minimum absolute atomic E-state index is 0.282. The second-order valence-corrected chi connectivity index (χ2v) is 8.96. The number of hydrogen-bond acceptors (Lipinski definition) is 4. The number of halogens is 1. The van der Waals surface area contributed by atoms with Crippen LogP contribution in [0.1, 0.15) is 49.6 Å². The maximum atomic E-state index is 4.50. The van der Waals surface area contributed by atoms with Gasteiger partial charge in [-0.05, 0) is 85.7 Å². The lowest BCUT2D eigenvalue weighted by molar-refractivity contribution is 0.255. The van der Waals surface area contributed by atoms with Crippen LogP contribution in [0.25, 0.3) is 5.69 Å². The van der Waals surface area contributed by atoms with E-state index in [0.29, 0.717) is 0 Å². The van der Waals surface area contributed by atoms with Gasteiger partial charge in [-0.3, -0.25) is 0 Å². The van der Waals surface area contributed by atoms with Crippen molar-refractivity contribution >= 4 is 21.6 Å². The van der Waals surface area contributed by atoms with Crippen molar-refractivity contribution in [3.05, 3.63) is 63.9 Å². The molecule has 3 aromatic rings. The maximum Gasteiger partial charge on any atom is 0.181 e. The molecule has 1 fully saturated rings. The highest BCUT2D eigenvalue weighted by molar-refractivity contribution is 9.10. The Hall–Kier alpha value is -2.21. The number of rotatable bonds is 4. The second kappa shape index (κ2) is 7.66. The van der Waals surface area contributed by atoms with Crippen molar-refractivity contribution in [1.82, 2.24) is 20.2 Å². The summed E-state index contributed by atoms with van der Waals surface area (Å²) in [6.45, 7) is 6.52. The third-order valence-corrected chi connectivity index (χ3v) is 6.71. The molecule has 1 N–H and O–H groups in total. The third-order valence-electron chi connectivity index (χ3n) is 5.86. The number of aryl methyl sites for hydroxylation is 2. The van der Waals surface area contributed by atoms with Crippen molar-refractivity contribution < 1.29 is 0 Å². The van der Waals surface area contributed by atoms with Gasteiger partial charge in [-0.15, -0.1) is 5.10 Å². The lowest BCUT2D eigenvalue weighted by Crippen LogP contribution is -2.41. The van der Waals surface area contributed by atoms with Gasteiger partial charge in [0.25, 0.3) is 0 Å². The molecule has 0 saturated heterocycles. The van der Waals surface area contributed by atoms with Gasteiger partial charge < -0.3 is 5.32 Å². The monoisotopic (exact) mass is 439 g/mol. The van der Waals surface area contributed by atoms with Crippen molar-refractivity contribution in [2.75, 3.05) is 5.32 Å². The van der Waals surface area contributed by atoms with Gasteiger partial charge in [-0.2, -0.15) is 4.68 Å². The van der Waals surface area contributed by atoms with E-state index < -0.39 is 0 Å². The van der Waals surface area contributed by atoms with E-state index in [1.807, 2.05) is 4.68 Å². The Balaban J connectivity index is 1.76. The summed E-state index contributed by atoms with van der Waals surface area (Å²) in [5.74, 6) is 1.61. The lowest BCUT2D eigenvalue weighted by Gasteiger charge is -2.39. The van der Waals surface area contributed by atoms with E-state index in [0.717, 1.165) is 53.3 Å². The average Bonchev–Trinajstić information content (AvgIpc) is 3.18. The fourth-order valence-electron chi connectivity index (χ4n) is 3.95. The van der Waals surface area contributed by atoms with E-state index in [-0.39, 0.29) is 5.54 Å². The molecule has 6 heteroatoms. The summed E-state index contributed by atoms with van der Waals surface area (Å²) in [6.07, 6.45) is 4.32. The molecule has 1 aliphatic rings. The molecule has 1 heterocycles. The van der Waals surface area contributed by atoms with Gasteiger partial charge in [0.1, 0.15) is 0 Å². The van der Waals surface area contributed by atoms with Crippen LogP contribution in [0.4, 0.5) is 5.69 Å². The largest absolute Gasteiger partial charge is 0.373 e. The maximum absolute atomic E-state index is 4.50. The van der Waals surface area contributed by atoms with Gasteiger partial charge in [0.15, 0.2) is 5.82 Å². The van der Waals surface area contributed by atoms with E-state index in [1.54, 1.807) is 0 Å². The summed E-state index contributed by atoms with van der Waals surface area (Å²) in [5.41, 5.74) is 4.25. The topological polar surface area (TPSA) is 55.6 Å². The van der Waals surface area contributed by atoms with E-state index in [2.05, 4.69) is 100 Å². The molecular formula is C22H26BrN5. The fourth-order valence-corrected chi connectivity index (χ4v) is 4.33. The van der Waals surface area contributed by atoms with Crippen LogP contribution in [0, 0.1) is 19.8 Å². The zero-order chi connectivity index (χ0) is 19.7. The summed E-state index contributed by atoms with van der Waals surface area (Å²) >= 11 is 3.66. The Labute approximate surface area is 174 Å². The van der Waals surface area contributed by atoms with E-state index in [9.17, 15) is 0 Å². The molecule has 0 bridgehead atoms. The van der Waals surface area contributed by atoms with Crippen LogP contribution >= 0.6 is 15.9 Å². The van der Waals surface area contributed by atoms with Crippen molar-refractivity contribution in [1.29, 1.82) is 0 Å². The van der Waals surface area contributed by atoms with Crippen LogP contribution in [0.15, 0.2) is 46.9 Å². The second-order valence-electron chi connectivity index (χ2n) is 8.10. The standard InChI is InChI=1S/C22H26BrN5/c1-15-4-8-19(9-5-15)28-21(25-26-27-28)22(12-10-16(2)11-13-22)24-18-7-6-17(3)20(23)14-18/h4-9,14,16,24H,10-13H2,1-3H3. The van der Waals surface area contributed by atoms with E-state index >= 15 is 0 Å². The molecule has 28 heavy (non-hydrogen) atoms. The highest BCUT2D eigenvalue weighted by atomic mass is 79.9. The van der Waals surface area contributed by atoms with Gasteiger partial charge in [-0.1, -0.05) is 46.6 Å². The number of hydrogen-bond donors (Lipinski definition) is 1. The smallest absolute Gasteiger partial charge is 0.181 e. The molecule has 146 valence electrons. The number of benzene rings is 2. The Morgan fingerprint density at radius 2 is 1.79 bits per heavy atom. The Morgan fingerprint density at radius 3 is 2.46 bits per heavy atom. The van der Waals surface area contributed by atoms with Gasteiger partial charge >= 0.3 is 0 Å². The van der Waals surface area contributed by atoms with Crippen molar-refractivity contribution in [2.24, 2.45) is 5.92 Å². The van der Waals surface area contributed by atoms with Gasteiger partial charge in [0, 0.05) is 10.2 Å². The molecule has 0 atom stereocenters. The zero-order valence-corrected chi connectivity index (χ0v) is 18.2. The number of tetrazole rings is 1. The van der Waals surface area contributed by atoms with Crippen molar-refractivity contribution in [3.8, 4) is 5.69 Å². The minimum atomic E-state index is -0.282. The highest BCUT2D eigenvalue weighted by Crippen LogP contribution is 2.42. The first-order valence-corrected chi connectivity index (χ1v) is 10.7. The molecule has 1 saturated carbocycles. The van der Waals surface area contributed by atoms with Crippen molar-refractivity contribution in [2.45, 2.75) is 52.0 Å². The summed E-state index contributed by atoms with van der Waals surface area (Å²) in [7, 11) is 0. The Morgan fingerprint density at radius 1 is 1.07 bits per heavy atom. The van der Waals surface area contributed by atoms with Crippen molar-refractivity contribution in [3.63, 3.8) is 0 Å². The molecule has 0 amide bonds. The summed E-state index contributed by atoms with van der Waals surface area (Å²) in [5, 5.41) is 16.7. The van der Waals surface area contributed by atoms with Crippen LogP contribution in [0.3, 0.4) is 0 Å². The summed E-state index contributed by atoms with van der Waals surface area (Å²) in [4.78, 5) is 0. The molecule has 1 aliphatic carbocycles. The summed E-state index contributed by atoms with van der Waals surface area (Å²) in [6, 6.07) is 14.8. The molecule has 5 nitrogen and oxygen atoms in total. The van der Waals surface area contributed by atoms with E-state index in [4.69, 9.17) is 0 Å². The third kappa shape index (κ3) is 3.70. The van der Waals surface area contributed by atoms with Gasteiger partial charge in [-0.25, -0.2) is 0 Å². The molecule has 0 spiro atoms. The molecule has 4 rings (SSSR count). The SMILES string of the molecule is Cc1ccc(-n2nnnc2C2(Nc3ccc(C)c(Br)c3)CCC(C)CC2)cc1. The number of aromatic nitrogens is 4. The van der Waals surface area contributed by atoms with Crippen LogP contribution in [-0.2, 0) is 5.54 Å². The first kappa shape index (κ1) is 19.1. The number of nitrogens with one attached hydrogen (secondary N) is 1. The van der Waals surface area contributed by atoms with Gasteiger partial charge in [0.2, 0.25) is 0 Å². The highest BCUT2D eigenvalue weighted by Gasteiger charge is 2.41. The lowest BCUT2D eigenvalue weighted by atomic mass is 9.76. The van der Waals surface area contributed by atoms with Crippen LogP contribution in [0.2, 0.25) is 0 Å². The van der Waals surface area contributed by atoms with Crippen LogP contribution in [-0.4, -0.2) is 20.2 Å². The average molecular weight is 440 g/mol. The Kier molecular flexibility index (Phi) is 5.23. The minimum Gasteiger partial charge on any atom is -0.373 e. The van der Waals surface area contributed by atoms with E-state index in [1.165, 1.54) is 11.1 Å². The van der Waals surface area contributed by atoms with Gasteiger partial charge in [0.05, 0.1) is 11.2 Å².